The molecule has 22 heavy (non-hydrogen) atoms. The molecule has 0 aliphatic heterocycles. The fourth-order valence-corrected chi connectivity index (χ4v) is 2.41. The van der Waals surface area contributed by atoms with E-state index in [0.717, 1.165) is 23.0 Å². The van der Waals surface area contributed by atoms with Crippen molar-refractivity contribution in [3.8, 4) is 16.9 Å². The summed E-state index contributed by atoms with van der Waals surface area (Å²) in [6.07, 6.45) is 0.818. The monoisotopic (exact) mass is 288 g/mol. The van der Waals surface area contributed by atoms with Crippen LogP contribution in [0.3, 0.4) is 0 Å². The number of benzene rings is 3. The zero-order valence-corrected chi connectivity index (χ0v) is 12.1. The molecule has 108 valence electrons. The second-order valence-corrected chi connectivity index (χ2v) is 4.97. The molecule has 0 N–H and O–H groups in total. The zero-order chi connectivity index (χ0) is 15.2. The van der Waals surface area contributed by atoms with Crippen LogP contribution in [-0.4, -0.2) is 6.29 Å². The number of hydrogen-bond donors (Lipinski definition) is 0. The molecular weight excluding hydrogens is 272 g/mol. The van der Waals surface area contributed by atoms with Crippen LogP contribution >= 0.6 is 0 Å². The van der Waals surface area contributed by atoms with Crippen molar-refractivity contribution in [3.05, 3.63) is 90.0 Å². The largest absolute Gasteiger partial charge is 0.488 e. The van der Waals surface area contributed by atoms with Crippen molar-refractivity contribution in [1.29, 1.82) is 0 Å². The highest BCUT2D eigenvalue weighted by atomic mass is 16.5. The summed E-state index contributed by atoms with van der Waals surface area (Å²) in [5.41, 5.74) is 3.96. The SMILES string of the molecule is O=Cc1ccccc1OCc1ccccc1-c1ccccc1. The summed E-state index contributed by atoms with van der Waals surface area (Å²) in [5.74, 6) is 0.611. The summed E-state index contributed by atoms with van der Waals surface area (Å²) in [6.45, 7) is 0.427. The van der Waals surface area contributed by atoms with Gasteiger partial charge < -0.3 is 4.74 Å². The van der Waals surface area contributed by atoms with Crippen molar-refractivity contribution in [3.63, 3.8) is 0 Å². The molecule has 0 aliphatic carbocycles. The van der Waals surface area contributed by atoms with Gasteiger partial charge in [-0.2, -0.15) is 0 Å². The molecule has 0 amide bonds. The third-order valence-corrected chi connectivity index (χ3v) is 3.53. The van der Waals surface area contributed by atoms with Gasteiger partial charge in [0.2, 0.25) is 0 Å². The van der Waals surface area contributed by atoms with Crippen LogP contribution < -0.4 is 4.74 Å². The van der Waals surface area contributed by atoms with Gasteiger partial charge in [-0.05, 0) is 28.8 Å². The average Bonchev–Trinajstić information content (AvgIpc) is 2.61. The molecule has 0 aliphatic rings. The van der Waals surface area contributed by atoms with E-state index in [0.29, 0.717) is 17.9 Å². The molecule has 0 spiro atoms. The second kappa shape index (κ2) is 6.72. The number of rotatable bonds is 5. The van der Waals surface area contributed by atoms with Crippen LogP contribution in [-0.2, 0) is 6.61 Å². The Kier molecular flexibility index (Phi) is 4.30. The Balaban J connectivity index is 1.86. The van der Waals surface area contributed by atoms with E-state index in [1.165, 1.54) is 0 Å². The third-order valence-electron chi connectivity index (χ3n) is 3.53. The number of carbonyl (C=O) groups excluding carboxylic acids is 1. The molecular formula is C20H16O2. The molecule has 2 nitrogen and oxygen atoms in total. The number of aldehydes is 1. The maximum absolute atomic E-state index is 11.0. The van der Waals surface area contributed by atoms with E-state index >= 15 is 0 Å². The van der Waals surface area contributed by atoms with E-state index < -0.39 is 0 Å². The zero-order valence-electron chi connectivity index (χ0n) is 12.1. The van der Waals surface area contributed by atoms with Crippen molar-refractivity contribution < 1.29 is 9.53 Å². The first kappa shape index (κ1) is 14.1. The molecule has 0 saturated carbocycles. The fourth-order valence-electron chi connectivity index (χ4n) is 2.41. The van der Waals surface area contributed by atoms with E-state index in [4.69, 9.17) is 4.74 Å². The van der Waals surface area contributed by atoms with Crippen LogP contribution in [0, 0.1) is 0 Å². The van der Waals surface area contributed by atoms with Gasteiger partial charge in [0, 0.05) is 0 Å². The highest BCUT2D eigenvalue weighted by Gasteiger charge is 2.06. The maximum Gasteiger partial charge on any atom is 0.153 e. The Hall–Kier alpha value is -2.87. The molecule has 0 atom stereocenters. The fraction of sp³-hybridized carbons (Fsp3) is 0.0500. The van der Waals surface area contributed by atoms with Gasteiger partial charge in [-0.15, -0.1) is 0 Å². The highest BCUT2D eigenvalue weighted by Crippen LogP contribution is 2.25. The predicted octanol–water partition coefficient (Wildman–Crippen LogP) is 4.75. The normalized spacial score (nSPS) is 10.2. The molecule has 0 radical (unpaired) electrons. The van der Waals surface area contributed by atoms with E-state index in [-0.39, 0.29) is 0 Å². The van der Waals surface area contributed by atoms with Gasteiger partial charge in [0.25, 0.3) is 0 Å². The Morgan fingerprint density at radius 1 is 0.773 bits per heavy atom. The number of hydrogen-bond acceptors (Lipinski definition) is 2. The topological polar surface area (TPSA) is 26.3 Å². The van der Waals surface area contributed by atoms with Crippen molar-refractivity contribution in [2.75, 3.05) is 0 Å². The first-order valence-electron chi connectivity index (χ1n) is 7.19. The Morgan fingerprint density at radius 2 is 1.45 bits per heavy atom. The molecule has 2 heteroatoms. The molecule has 3 aromatic rings. The standard InChI is InChI=1S/C20H16O2/c21-14-17-10-5-7-13-20(17)22-15-18-11-4-6-12-19(18)16-8-2-1-3-9-16/h1-14H,15H2. The summed E-state index contributed by atoms with van der Waals surface area (Å²) in [7, 11) is 0. The summed E-state index contributed by atoms with van der Waals surface area (Å²) in [6, 6.07) is 25.6. The molecule has 0 saturated heterocycles. The first-order valence-corrected chi connectivity index (χ1v) is 7.19. The van der Waals surface area contributed by atoms with Crippen LogP contribution in [0.5, 0.6) is 5.75 Å². The molecule has 3 aromatic carbocycles. The van der Waals surface area contributed by atoms with Crippen molar-refractivity contribution in [2.45, 2.75) is 6.61 Å². The first-order chi connectivity index (χ1) is 10.9. The van der Waals surface area contributed by atoms with Crippen LogP contribution in [0.1, 0.15) is 15.9 Å². The Morgan fingerprint density at radius 3 is 2.27 bits per heavy atom. The number of para-hydroxylation sites is 1. The van der Waals surface area contributed by atoms with Crippen LogP contribution in [0.15, 0.2) is 78.9 Å². The van der Waals surface area contributed by atoms with Gasteiger partial charge in [-0.25, -0.2) is 0 Å². The quantitative estimate of drug-likeness (QED) is 0.634. The van der Waals surface area contributed by atoms with Crippen LogP contribution in [0.2, 0.25) is 0 Å². The van der Waals surface area contributed by atoms with Gasteiger partial charge in [-0.1, -0.05) is 66.7 Å². The summed E-state index contributed by atoms with van der Waals surface area (Å²) < 4.78 is 5.84. The third kappa shape index (κ3) is 3.07. The highest BCUT2D eigenvalue weighted by molar-refractivity contribution is 5.79. The lowest BCUT2D eigenvalue weighted by Gasteiger charge is -2.12. The van der Waals surface area contributed by atoms with E-state index in [1.807, 2.05) is 54.6 Å². The van der Waals surface area contributed by atoms with Crippen molar-refractivity contribution in [1.82, 2.24) is 0 Å². The average molecular weight is 288 g/mol. The smallest absolute Gasteiger partial charge is 0.153 e. The Bertz CT molecular complexity index is 763. The minimum atomic E-state index is 0.427. The van der Waals surface area contributed by atoms with Crippen LogP contribution in [0.4, 0.5) is 0 Å². The molecule has 3 rings (SSSR count). The summed E-state index contributed by atoms with van der Waals surface area (Å²) in [4.78, 5) is 11.0. The van der Waals surface area contributed by atoms with Crippen LogP contribution in [0.25, 0.3) is 11.1 Å². The molecule has 0 heterocycles. The lowest BCUT2D eigenvalue weighted by atomic mass is 10.0. The predicted molar refractivity (Wildman–Crippen MR) is 88.0 cm³/mol. The van der Waals surface area contributed by atoms with E-state index in [1.54, 1.807) is 6.07 Å². The molecule has 0 fully saturated rings. The molecule has 0 bridgehead atoms. The van der Waals surface area contributed by atoms with Gasteiger partial charge in [0.1, 0.15) is 12.4 Å². The summed E-state index contributed by atoms with van der Waals surface area (Å²) >= 11 is 0. The summed E-state index contributed by atoms with van der Waals surface area (Å²) in [5, 5.41) is 0. The molecule has 0 unspecified atom stereocenters. The minimum absolute atomic E-state index is 0.427. The van der Waals surface area contributed by atoms with Gasteiger partial charge in [0.05, 0.1) is 5.56 Å². The van der Waals surface area contributed by atoms with Gasteiger partial charge in [0.15, 0.2) is 6.29 Å². The van der Waals surface area contributed by atoms with Gasteiger partial charge >= 0.3 is 0 Å². The lowest BCUT2D eigenvalue weighted by Crippen LogP contribution is -2.00. The second-order valence-electron chi connectivity index (χ2n) is 4.97. The number of carbonyl (C=O) groups is 1. The Labute approximate surface area is 130 Å². The minimum Gasteiger partial charge on any atom is -0.488 e. The maximum atomic E-state index is 11.0. The van der Waals surface area contributed by atoms with E-state index in [9.17, 15) is 4.79 Å². The van der Waals surface area contributed by atoms with Crippen molar-refractivity contribution in [2.24, 2.45) is 0 Å². The van der Waals surface area contributed by atoms with Gasteiger partial charge in [-0.3, -0.25) is 4.79 Å². The lowest BCUT2D eigenvalue weighted by molar-refractivity contribution is 0.111. The van der Waals surface area contributed by atoms with E-state index in [2.05, 4.69) is 18.2 Å². The molecule has 0 aromatic heterocycles. The van der Waals surface area contributed by atoms with Crippen molar-refractivity contribution >= 4 is 6.29 Å². The number of ether oxygens (including phenoxy) is 1.